The molecule has 4 rings (SSSR count). The van der Waals surface area contributed by atoms with Gasteiger partial charge < -0.3 is 15.5 Å². The van der Waals surface area contributed by atoms with Crippen LogP contribution < -0.4 is 10.6 Å². The number of rotatable bonds is 10. The molecule has 8 heteroatoms. The predicted octanol–water partition coefficient (Wildman–Crippen LogP) is 4.08. The largest absolute Gasteiger partial charge is 0.355 e. The molecule has 35 heavy (non-hydrogen) atoms. The summed E-state index contributed by atoms with van der Waals surface area (Å²) in [5, 5.41) is 5.88. The van der Waals surface area contributed by atoms with E-state index in [-0.39, 0.29) is 24.3 Å². The first-order valence-electron chi connectivity index (χ1n) is 12.1. The molecule has 1 aliphatic heterocycles. The highest BCUT2D eigenvalue weighted by Crippen LogP contribution is 2.65. The van der Waals surface area contributed by atoms with E-state index in [1.807, 2.05) is 33.2 Å². The minimum absolute atomic E-state index is 0.000918. The highest BCUT2D eigenvalue weighted by Gasteiger charge is 2.63. The summed E-state index contributed by atoms with van der Waals surface area (Å²) >= 11 is 0. The lowest BCUT2D eigenvalue weighted by Crippen LogP contribution is -2.43. The molecule has 1 fully saturated rings. The number of carbonyl (C=O) groups is 2. The van der Waals surface area contributed by atoms with Gasteiger partial charge in [-0.15, -0.1) is 0 Å². The normalized spacial score (nSPS) is 18.1. The molecule has 1 aromatic carbocycles. The topological polar surface area (TPSA) is 74.3 Å². The van der Waals surface area contributed by atoms with E-state index in [9.17, 15) is 18.4 Å². The Morgan fingerprint density at radius 2 is 2.03 bits per heavy atom. The molecule has 1 saturated carbocycles. The van der Waals surface area contributed by atoms with Gasteiger partial charge in [0, 0.05) is 48.4 Å². The molecule has 2 aromatic rings. The number of carbonyl (C=O) groups excluding carboxylic acids is 2. The van der Waals surface area contributed by atoms with Crippen molar-refractivity contribution in [1.82, 2.24) is 15.2 Å². The summed E-state index contributed by atoms with van der Waals surface area (Å²) < 4.78 is 29.2. The van der Waals surface area contributed by atoms with Crippen LogP contribution in [0.2, 0.25) is 0 Å². The zero-order valence-corrected chi connectivity index (χ0v) is 20.8. The van der Waals surface area contributed by atoms with Crippen LogP contribution in [0.4, 0.5) is 14.5 Å². The summed E-state index contributed by atoms with van der Waals surface area (Å²) in [7, 11) is 3.92. The summed E-state index contributed by atoms with van der Waals surface area (Å²) in [6.45, 7) is 3.39. The summed E-state index contributed by atoms with van der Waals surface area (Å²) in [4.78, 5) is 31.0. The smallest absolute Gasteiger partial charge is 0.251 e. The molecule has 2 heterocycles. The first-order valence-corrected chi connectivity index (χ1v) is 12.1. The molecule has 0 unspecified atom stereocenters. The lowest BCUT2D eigenvalue weighted by Gasteiger charge is -2.32. The zero-order valence-electron chi connectivity index (χ0n) is 20.8. The fraction of sp³-hybridized carbons (Fsp3) is 0.519. The van der Waals surface area contributed by atoms with Gasteiger partial charge in [0.15, 0.2) is 0 Å². The SMILES string of the molecule is Cc1c(C[C@@H](CNC(=O)C[C@H](c2cccnc2)C2(C(C)(F)F)CC2)N(C)C)ccc2c1CC(=O)N2. The van der Waals surface area contributed by atoms with E-state index in [2.05, 4.69) is 20.5 Å². The number of pyridine rings is 1. The van der Waals surface area contributed by atoms with Crippen molar-refractivity contribution >= 4 is 17.5 Å². The lowest BCUT2D eigenvalue weighted by molar-refractivity contribution is -0.124. The Labute approximate surface area is 205 Å². The molecule has 188 valence electrons. The Morgan fingerprint density at radius 1 is 1.29 bits per heavy atom. The van der Waals surface area contributed by atoms with Crippen LogP contribution in [0.3, 0.4) is 0 Å². The van der Waals surface area contributed by atoms with Gasteiger partial charge in [-0.1, -0.05) is 12.1 Å². The second-order valence-electron chi connectivity index (χ2n) is 10.3. The Kier molecular flexibility index (Phi) is 6.95. The Hall–Kier alpha value is -2.87. The molecule has 1 aromatic heterocycles. The number of anilines is 1. The van der Waals surface area contributed by atoms with E-state index < -0.39 is 17.3 Å². The third-order valence-electron chi connectivity index (χ3n) is 7.85. The van der Waals surface area contributed by atoms with Crippen LogP contribution in [-0.2, 0) is 22.4 Å². The van der Waals surface area contributed by atoms with Crippen molar-refractivity contribution in [3.05, 3.63) is 58.9 Å². The van der Waals surface area contributed by atoms with Crippen molar-refractivity contribution < 1.29 is 18.4 Å². The van der Waals surface area contributed by atoms with Crippen LogP contribution in [0, 0.1) is 12.3 Å². The number of amides is 2. The third-order valence-corrected chi connectivity index (χ3v) is 7.85. The number of hydrogen-bond donors (Lipinski definition) is 2. The van der Waals surface area contributed by atoms with Crippen LogP contribution >= 0.6 is 0 Å². The maximum Gasteiger partial charge on any atom is 0.251 e. The molecular weight excluding hydrogens is 450 g/mol. The van der Waals surface area contributed by atoms with Crippen LogP contribution in [0.5, 0.6) is 0 Å². The molecule has 0 radical (unpaired) electrons. The second kappa shape index (κ2) is 9.64. The fourth-order valence-corrected chi connectivity index (χ4v) is 5.35. The molecule has 0 spiro atoms. The molecule has 2 N–H and O–H groups in total. The van der Waals surface area contributed by atoms with E-state index in [1.54, 1.807) is 24.5 Å². The summed E-state index contributed by atoms with van der Waals surface area (Å²) in [5.41, 5.74) is 3.61. The number of hydrogen-bond acceptors (Lipinski definition) is 4. The summed E-state index contributed by atoms with van der Waals surface area (Å²) in [6, 6.07) is 7.49. The maximum absolute atomic E-state index is 14.6. The number of likely N-dealkylation sites (N-methyl/N-ethyl adjacent to an activating group) is 1. The van der Waals surface area contributed by atoms with Crippen molar-refractivity contribution in [3.8, 4) is 0 Å². The maximum atomic E-state index is 14.6. The van der Waals surface area contributed by atoms with Crippen molar-refractivity contribution in [1.29, 1.82) is 0 Å². The molecular formula is C27H34F2N4O2. The monoisotopic (exact) mass is 484 g/mol. The third kappa shape index (κ3) is 5.22. The first-order chi connectivity index (χ1) is 16.5. The fourth-order valence-electron chi connectivity index (χ4n) is 5.35. The van der Waals surface area contributed by atoms with Gasteiger partial charge in [-0.2, -0.15) is 0 Å². The van der Waals surface area contributed by atoms with Gasteiger partial charge in [0.05, 0.1) is 6.42 Å². The number of fused-ring (bicyclic) bond motifs is 1. The number of nitrogens with zero attached hydrogens (tertiary/aromatic N) is 2. The first kappa shape index (κ1) is 25.2. The van der Waals surface area contributed by atoms with E-state index in [0.717, 1.165) is 29.3 Å². The van der Waals surface area contributed by atoms with Gasteiger partial charge in [0.25, 0.3) is 5.92 Å². The molecule has 1 aliphatic carbocycles. The Morgan fingerprint density at radius 3 is 2.63 bits per heavy atom. The average Bonchev–Trinajstić information content (AvgIpc) is 3.53. The van der Waals surface area contributed by atoms with Crippen molar-refractivity contribution in [2.45, 2.75) is 63.8 Å². The van der Waals surface area contributed by atoms with Gasteiger partial charge in [0.1, 0.15) is 0 Å². The van der Waals surface area contributed by atoms with Gasteiger partial charge in [-0.05, 0) is 81.6 Å². The zero-order chi connectivity index (χ0) is 25.4. The van der Waals surface area contributed by atoms with Crippen LogP contribution in [0.25, 0.3) is 0 Å². The quantitative estimate of drug-likeness (QED) is 0.533. The molecule has 0 bridgehead atoms. The van der Waals surface area contributed by atoms with Crippen LogP contribution in [0.15, 0.2) is 36.7 Å². The standard InChI is InChI=1S/C27H34F2N4O2/c1-17-18(7-8-23-21(17)13-25(35)32-23)12-20(33(3)4)16-31-24(34)14-22(19-6-5-11-30-15-19)27(9-10-27)26(2,28)29/h5-8,11,15,20,22H,9-10,12-14,16H2,1-4H3,(H,31,34)(H,32,35)/t20-,22+/m0/s1. The molecule has 2 aliphatic rings. The minimum atomic E-state index is -2.87. The number of alkyl halides is 2. The Balaban J connectivity index is 1.44. The highest BCUT2D eigenvalue weighted by atomic mass is 19.3. The van der Waals surface area contributed by atoms with Crippen molar-refractivity contribution in [2.24, 2.45) is 5.41 Å². The average molecular weight is 485 g/mol. The van der Waals surface area contributed by atoms with Gasteiger partial charge in [-0.25, -0.2) is 8.78 Å². The van der Waals surface area contributed by atoms with Crippen molar-refractivity contribution in [3.63, 3.8) is 0 Å². The number of aromatic nitrogens is 1. The van der Waals surface area contributed by atoms with Gasteiger partial charge in [-0.3, -0.25) is 14.6 Å². The van der Waals surface area contributed by atoms with Gasteiger partial charge >= 0.3 is 0 Å². The van der Waals surface area contributed by atoms with E-state index in [4.69, 9.17) is 0 Å². The number of benzene rings is 1. The lowest BCUT2D eigenvalue weighted by atomic mass is 9.77. The predicted molar refractivity (Wildman–Crippen MR) is 132 cm³/mol. The van der Waals surface area contributed by atoms with Crippen LogP contribution in [0.1, 0.15) is 54.4 Å². The Bertz CT molecular complexity index is 1090. The van der Waals surface area contributed by atoms with Crippen molar-refractivity contribution in [2.75, 3.05) is 26.0 Å². The minimum Gasteiger partial charge on any atom is -0.355 e. The van der Waals surface area contributed by atoms with E-state index >= 15 is 0 Å². The molecule has 2 amide bonds. The van der Waals surface area contributed by atoms with Gasteiger partial charge in [0.2, 0.25) is 11.8 Å². The molecule has 0 saturated heterocycles. The second-order valence-corrected chi connectivity index (χ2v) is 10.3. The number of halogens is 2. The van der Waals surface area contributed by atoms with Crippen LogP contribution in [-0.4, -0.2) is 54.3 Å². The summed E-state index contributed by atoms with van der Waals surface area (Å²) in [5.74, 6) is -3.69. The van der Waals surface area contributed by atoms with E-state index in [0.29, 0.717) is 37.8 Å². The summed E-state index contributed by atoms with van der Waals surface area (Å²) in [6.07, 6.45) is 5.10. The highest BCUT2D eigenvalue weighted by molar-refractivity contribution is 5.99. The number of nitrogens with one attached hydrogen (secondary N) is 2. The van der Waals surface area contributed by atoms with E-state index in [1.165, 1.54) is 0 Å². The molecule has 2 atom stereocenters. The molecule has 6 nitrogen and oxygen atoms in total.